The minimum absolute atomic E-state index is 0. The predicted molar refractivity (Wildman–Crippen MR) is 151 cm³/mol. The lowest BCUT2D eigenvalue weighted by molar-refractivity contribution is 0.0971. The minimum atomic E-state index is -0.0671. The van der Waals surface area contributed by atoms with Gasteiger partial charge in [-0.1, -0.05) is 56.3 Å². The van der Waals surface area contributed by atoms with E-state index in [2.05, 4.69) is 66.8 Å². The van der Waals surface area contributed by atoms with Gasteiger partial charge in [-0.15, -0.1) is 17.0 Å². The molecule has 0 amide bonds. The number of hydrogen-bond donors (Lipinski definition) is 1. The molecule has 0 radical (unpaired) electrons. The first-order chi connectivity index (χ1) is 16.2. The highest BCUT2D eigenvalue weighted by molar-refractivity contribution is 9.10. The highest BCUT2D eigenvalue weighted by atomic mass is 79.9. The second-order valence-electron chi connectivity index (χ2n) is 9.76. The maximum Gasteiger partial charge on any atom is 0.203 e. The van der Waals surface area contributed by atoms with Gasteiger partial charge in [-0.3, -0.25) is 10.2 Å². The van der Waals surface area contributed by atoms with Crippen molar-refractivity contribution in [1.82, 2.24) is 9.13 Å². The number of rotatable bonds is 5. The molecule has 1 aliphatic heterocycles. The molecule has 4 aromatic rings. The Balaban J connectivity index is 0.00000289. The summed E-state index contributed by atoms with van der Waals surface area (Å²) < 4.78 is 4.73. The van der Waals surface area contributed by atoms with Gasteiger partial charge in [-0.2, -0.15) is 0 Å². The standard InChI is InChI=1S/C28H29BrN4O.BrH/c1-18-28(2,3)21-14-20(15-22(29)26(21)31(18)4)25(34)17-33-24-13-9-8-12-23(24)32(27(33)30)16-19-10-6-5-7-11-19;/h5-15,18,30H,16-17H2,1-4H3;1H. The Kier molecular flexibility index (Phi) is 6.86. The van der Waals surface area contributed by atoms with Crippen LogP contribution in [0.25, 0.3) is 11.0 Å². The summed E-state index contributed by atoms with van der Waals surface area (Å²) in [5, 5.41) is 8.92. The van der Waals surface area contributed by atoms with Crippen molar-refractivity contribution in [2.24, 2.45) is 0 Å². The van der Waals surface area contributed by atoms with Gasteiger partial charge >= 0.3 is 0 Å². The van der Waals surface area contributed by atoms with E-state index in [9.17, 15) is 4.79 Å². The van der Waals surface area contributed by atoms with Crippen LogP contribution in [0.2, 0.25) is 0 Å². The molecule has 0 bridgehead atoms. The van der Waals surface area contributed by atoms with Gasteiger partial charge in [0.05, 0.1) is 29.8 Å². The maximum atomic E-state index is 13.6. The smallest absolute Gasteiger partial charge is 0.203 e. The third-order valence-electron chi connectivity index (χ3n) is 7.52. The number of carbonyl (C=O) groups excluding carboxylic acids is 1. The number of carbonyl (C=O) groups is 1. The summed E-state index contributed by atoms with van der Waals surface area (Å²) in [6, 6.07) is 22.4. The zero-order valence-corrected chi connectivity index (χ0v) is 23.7. The SMILES string of the molecule is Br.CC1N(C)c2c(Br)cc(C(=O)Cn3c(=N)n(Cc4ccccc4)c4ccccc43)cc2C1(C)C. The van der Waals surface area contributed by atoms with Gasteiger partial charge in [0.25, 0.3) is 0 Å². The number of ketones is 1. The summed E-state index contributed by atoms with van der Waals surface area (Å²) in [5.41, 5.74) is 6.24. The van der Waals surface area contributed by atoms with Crippen LogP contribution < -0.4 is 10.5 Å². The van der Waals surface area contributed by atoms with Gasteiger partial charge in [-0.25, -0.2) is 0 Å². The van der Waals surface area contributed by atoms with Crippen molar-refractivity contribution < 1.29 is 4.79 Å². The summed E-state index contributed by atoms with van der Waals surface area (Å²) in [5.74, 6) is 0.00243. The number of benzene rings is 3. The first kappa shape index (κ1) is 25.5. The number of anilines is 1. The second kappa shape index (κ2) is 9.43. The minimum Gasteiger partial charge on any atom is -0.370 e. The van der Waals surface area contributed by atoms with E-state index in [1.807, 2.05) is 57.7 Å². The normalized spacial score (nSPS) is 16.3. The lowest BCUT2D eigenvalue weighted by Crippen LogP contribution is -2.36. The first-order valence-electron chi connectivity index (χ1n) is 11.6. The van der Waals surface area contributed by atoms with Crippen LogP contribution in [0.5, 0.6) is 0 Å². The highest BCUT2D eigenvalue weighted by Gasteiger charge is 2.41. The van der Waals surface area contributed by atoms with Crippen LogP contribution in [0.1, 0.15) is 42.3 Å². The number of aromatic nitrogens is 2. The Morgan fingerprint density at radius 2 is 1.60 bits per heavy atom. The lowest BCUT2D eigenvalue weighted by atomic mass is 9.80. The molecule has 1 atom stereocenters. The number of halogens is 2. The average Bonchev–Trinajstić information content (AvgIpc) is 3.18. The van der Waals surface area contributed by atoms with Crippen molar-refractivity contribution >= 4 is 55.4 Å². The monoisotopic (exact) mass is 596 g/mol. The molecule has 0 saturated carbocycles. The number of fused-ring (bicyclic) bond motifs is 2. The van der Waals surface area contributed by atoms with E-state index in [-0.39, 0.29) is 34.7 Å². The molecule has 5 nitrogen and oxygen atoms in total. The van der Waals surface area contributed by atoms with Crippen molar-refractivity contribution in [2.45, 2.75) is 45.3 Å². The van der Waals surface area contributed by atoms with Gasteiger partial charge < -0.3 is 14.0 Å². The molecule has 0 aliphatic carbocycles. The van der Waals surface area contributed by atoms with E-state index in [4.69, 9.17) is 5.41 Å². The molecule has 1 aromatic heterocycles. The predicted octanol–water partition coefficient (Wildman–Crippen LogP) is 6.31. The Morgan fingerprint density at radius 1 is 1.00 bits per heavy atom. The van der Waals surface area contributed by atoms with E-state index in [1.54, 1.807) is 0 Å². The van der Waals surface area contributed by atoms with Crippen LogP contribution in [-0.2, 0) is 18.5 Å². The van der Waals surface area contributed by atoms with Gasteiger partial charge in [-0.05, 0) is 58.2 Å². The van der Waals surface area contributed by atoms with E-state index in [1.165, 1.54) is 5.56 Å². The Hall–Kier alpha value is -2.64. The Morgan fingerprint density at radius 3 is 2.26 bits per heavy atom. The van der Waals surface area contributed by atoms with E-state index in [0.29, 0.717) is 23.8 Å². The molecule has 1 N–H and O–H groups in total. The molecule has 182 valence electrons. The third-order valence-corrected chi connectivity index (χ3v) is 8.12. The largest absolute Gasteiger partial charge is 0.370 e. The molecular weight excluding hydrogens is 568 g/mol. The molecule has 35 heavy (non-hydrogen) atoms. The molecule has 5 rings (SSSR count). The van der Waals surface area contributed by atoms with Crippen molar-refractivity contribution in [3.63, 3.8) is 0 Å². The number of likely N-dealkylation sites (N-methyl/N-ethyl adjacent to an activating group) is 1. The molecular formula is C28H30Br2N4O. The fraction of sp³-hybridized carbons (Fsp3) is 0.286. The van der Waals surface area contributed by atoms with Crippen LogP contribution >= 0.6 is 32.9 Å². The zero-order chi connectivity index (χ0) is 24.2. The van der Waals surface area contributed by atoms with Gasteiger partial charge in [0.1, 0.15) is 0 Å². The van der Waals surface area contributed by atoms with Gasteiger partial charge in [0.15, 0.2) is 5.78 Å². The summed E-state index contributed by atoms with van der Waals surface area (Å²) in [4.78, 5) is 15.8. The summed E-state index contributed by atoms with van der Waals surface area (Å²) in [7, 11) is 2.11. The molecule has 2 heterocycles. The van der Waals surface area contributed by atoms with E-state index < -0.39 is 0 Å². The van der Waals surface area contributed by atoms with Crippen LogP contribution in [0, 0.1) is 5.41 Å². The number of imidazole rings is 1. The average molecular weight is 598 g/mol. The molecule has 7 heteroatoms. The van der Waals surface area contributed by atoms with Crippen molar-refractivity contribution in [2.75, 3.05) is 11.9 Å². The molecule has 0 saturated heterocycles. The van der Waals surface area contributed by atoms with Gasteiger partial charge in [0.2, 0.25) is 5.62 Å². The molecule has 0 fully saturated rings. The van der Waals surface area contributed by atoms with E-state index >= 15 is 0 Å². The van der Waals surface area contributed by atoms with E-state index in [0.717, 1.165) is 26.8 Å². The van der Waals surface area contributed by atoms with Crippen LogP contribution in [0.4, 0.5) is 5.69 Å². The molecule has 1 aliphatic rings. The van der Waals surface area contributed by atoms with Gasteiger partial charge in [0, 0.05) is 28.5 Å². The number of nitrogens with zero attached hydrogens (tertiary/aromatic N) is 3. The maximum absolute atomic E-state index is 13.6. The fourth-order valence-electron chi connectivity index (χ4n) is 5.13. The number of nitrogens with one attached hydrogen (secondary N) is 1. The first-order valence-corrected chi connectivity index (χ1v) is 12.4. The fourth-order valence-corrected chi connectivity index (χ4v) is 5.87. The van der Waals surface area contributed by atoms with Crippen LogP contribution in [0.3, 0.4) is 0 Å². The van der Waals surface area contributed by atoms with Crippen molar-refractivity contribution in [1.29, 1.82) is 5.41 Å². The topological polar surface area (TPSA) is 54.0 Å². The van der Waals surface area contributed by atoms with Crippen molar-refractivity contribution in [3.8, 4) is 0 Å². The highest BCUT2D eigenvalue weighted by Crippen LogP contribution is 2.48. The lowest BCUT2D eigenvalue weighted by Gasteiger charge is -2.28. The Bertz CT molecular complexity index is 1470. The Labute approximate surface area is 224 Å². The van der Waals surface area contributed by atoms with Crippen molar-refractivity contribution in [3.05, 3.63) is 93.5 Å². The zero-order valence-electron chi connectivity index (χ0n) is 20.4. The summed E-state index contributed by atoms with van der Waals surface area (Å²) in [6.45, 7) is 7.39. The second-order valence-corrected chi connectivity index (χ2v) is 10.6. The third kappa shape index (κ3) is 4.19. The number of hydrogen-bond acceptors (Lipinski definition) is 3. The quantitative estimate of drug-likeness (QED) is 0.274. The molecule has 0 spiro atoms. The number of Topliss-reactive ketones (excluding diaryl/α,β-unsaturated/α-hetero) is 1. The number of para-hydroxylation sites is 2. The van der Waals surface area contributed by atoms with Crippen LogP contribution in [0.15, 0.2) is 71.2 Å². The molecule has 1 unspecified atom stereocenters. The summed E-state index contributed by atoms with van der Waals surface area (Å²) >= 11 is 3.73. The van der Waals surface area contributed by atoms with Crippen LogP contribution in [-0.4, -0.2) is 28.0 Å². The summed E-state index contributed by atoms with van der Waals surface area (Å²) in [6.07, 6.45) is 0. The molecule has 3 aromatic carbocycles.